The topological polar surface area (TPSA) is 49.3 Å². The van der Waals surface area contributed by atoms with Crippen molar-refractivity contribution < 1.29 is 14.3 Å². The Morgan fingerprint density at radius 2 is 2.22 bits per heavy atom. The van der Waals surface area contributed by atoms with Gasteiger partial charge >= 0.3 is 5.97 Å². The molecule has 18 heavy (non-hydrogen) atoms. The number of nitrogens with one attached hydrogen (secondary N) is 1. The number of aromatic carboxylic acids is 1. The van der Waals surface area contributed by atoms with Gasteiger partial charge < -0.3 is 10.4 Å². The van der Waals surface area contributed by atoms with Gasteiger partial charge in [-0.2, -0.15) is 0 Å². The molecule has 0 aliphatic heterocycles. The molecule has 3 nitrogen and oxygen atoms in total. The number of carboxylic acids is 1. The molecule has 2 aromatic rings. The van der Waals surface area contributed by atoms with Crippen LogP contribution in [0.25, 0.3) is 0 Å². The van der Waals surface area contributed by atoms with Crippen LogP contribution in [-0.2, 0) is 6.54 Å². The van der Waals surface area contributed by atoms with Crippen molar-refractivity contribution in [3.05, 3.63) is 50.9 Å². The predicted molar refractivity (Wildman–Crippen MR) is 70.0 cm³/mol. The van der Waals surface area contributed by atoms with Crippen molar-refractivity contribution in [2.24, 2.45) is 0 Å². The lowest BCUT2D eigenvalue weighted by molar-refractivity contribution is 0.0692. The molecular formula is C12H9ClFNO2S. The number of benzene rings is 1. The van der Waals surface area contributed by atoms with Crippen molar-refractivity contribution in [2.75, 3.05) is 5.32 Å². The van der Waals surface area contributed by atoms with Crippen LogP contribution in [0.2, 0.25) is 5.02 Å². The molecule has 0 spiro atoms. The Morgan fingerprint density at radius 1 is 1.44 bits per heavy atom. The first-order chi connectivity index (χ1) is 8.56. The minimum absolute atomic E-state index is 0.343. The molecule has 0 aliphatic carbocycles. The van der Waals surface area contributed by atoms with E-state index in [9.17, 15) is 9.18 Å². The molecule has 0 fully saturated rings. The van der Waals surface area contributed by atoms with E-state index in [0.717, 1.165) is 10.9 Å². The van der Waals surface area contributed by atoms with E-state index in [4.69, 9.17) is 16.7 Å². The van der Waals surface area contributed by atoms with Crippen molar-refractivity contribution in [1.29, 1.82) is 0 Å². The number of carbonyl (C=O) groups is 1. The molecule has 1 aromatic heterocycles. The molecule has 1 aromatic carbocycles. The molecule has 0 unspecified atom stereocenters. The SMILES string of the molecule is O=C(O)c1cc(NCc2cc(Cl)cs2)ccc1F. The van der Waals surface area contributed by atoms with E-state index in [2.05, 4.69) is 5.32 Å². The third-order valence-corrected chi connectivity index (χ3v) is 3.57. The molecule has 0 aliphatic rings. The number of halogens is 2. The molecular weight excluding hydrogens is 277 g/mol. The van der Waals surface area contributed by atoms with E-state index in [1.807, 2.05) is 11.4 Å². The monoisotopic (exact) mass is 285 g/mol. The van der Waals surface area contributed by atoms with E-state index in [0.29, 0.717) is 17.3 Å². The van der Waals surface area contributed by atoms with Gasteiger partial charge in [-0.05, 0) is 24.3 Å². The van der Waals surface area contributed by atoms with Crippen LogP contribution in [0.4, 0.5) is 10.1 Å². The van der Waals surface area contributed by atoms with Gasteiger partial charge in [0.1, 0.15) is 5.82 Å². The zero-order valence-corrected chi connectivity index (χ0v) is 10.7. The average Bonchev–Trinajstić information content (AvgIpc) is 2.74. The largest absolute Gasteiger partial charge is 0.478 e. The van der Waals surface area contributed by atoms with Gasteiger partial charge in [0.15, 0.2) is 0 Å². The summed E-state index contributed by atoms with van der Waals surface area (Å²) in [7, 11) is 0. The van der Waals surface area contributed by atoms with Gasteiger partial charge in [0.05, 0.1) is 10.6 Å². The maximum Gasteiger partial charge on any atom is 0.338 e. The number of hydrogen-bond donors (Lipinski definition) is 2. The summed E-state index contributed by atoms with van der Waals surface area (Å²) in [5.41, 5.74) is 0.211. The van der Waals surface area contributed by atoms with Crippen LogP contribution in [0.1, 0.15) is 15.2 Å². The number of carboxylic acid groups (broad SMARTS) is 1. The highest BCUT2D eigenvalue weighted by Gasteiger charge is 2.10. The van der Waals surface area contributed by atoms with Crippen LogP contribution >= 0.6 is 22.9 Å². The highest BCUT2D eigenvalue weighted by molar-refractivity contribution is 7.10. The first-order valence-corrected chi connectivity index (χ1v) is 6.31. The maximum atomic E-state index is 13.2. The third-order valence-electron chi connectivity index (χ3n) is 2.29. The standard InChI is InChI=1S/C12H9ClFNO2S/c13-7-3-9(18-6-7)5-15-8-1-2-11(14)10(4-8)12(16)17/h1-4,6,15H,5H2,(H,16,17). The lowest BCUT2D eigenvalue weighted by atomic mass is 10.2. The predicted octanol–water partition coefficient (Wildman–Crippen LogP) is 3.85. The van der Waals surface area contributed by atoms with Crippen molar-refractivity contribution in [2.45, 2.75) is 6.54 Å². The Hall–Kier alpha value is -1.59. The fraction of sp³-hybridized carbons (Fsp3) is 0.0833. The highest BCUT2D eigenvalue weighted by atomic mass is 35.5. The van der Waals surface area contributed by atoms with Crippen LogP contribution < -0.4 is 5.32 Å². The van der Waals surface area contributed by atoms with Crippen LogP contribution in [0, 0.1) is 5.82 Å². The number of anilines is 1. The minimum Gasteiger partial charge on any atom is -0.478 e. The van der Waals surface area contributed by atoms with E-state index in [-0.39, 0.29) is 5.56 Å². The summed E-state index contributed by atoms with van der Waals surface area (Å²) in [5.74, 6) is -2.03. The Balaban J connectivity index is 2.10. The van der Waals surface area contributed by atoms with Gasteiger partial charge in [-0.1, -0.05) is 11.6 Å². The second kappa shape index (κ2) is 5.37. The van der Waals surface area contributed by atoms with Crippen LogP contribution in [0.5, 0.6) is 0 Å². The van der Waals surface area contributed by atoms with Gasteiger partial charge in [-0.25, -0.2) is 9.18 Å². The molecule has 2 N–H and O–H groups in total. The molecule has 2 rings (SSSR count). The lowest BCUT2D eigenvalue weighted by Gasteiger charge is -2.06. The molecule has 0 radical (unpaired) electrons. The second-order valence-corrected chi connectivity index (χ2v) is 5.02. The number of rotatable bonds is 4. The van der Waals surface area contributed by atoms with Crippen molar-refractivity contribution in [3.63, 3.8) is 0 Å². The minimum atomic E-state index is -1.28. The van der Waals surface area contributed by atoms with Crippen molar-refractivity contribution >= 4 is 34.6 Å². The molecule has 0 saturated heterocycles. The lowest BCUT2D eigenvalue weighted by Crippen LogP contribution is -2.03. The molecule has 94 valence electrons. The van der Waals surface area contributed by atoms with Crippen molar-refractivity contribution in [1.82, 2.24) is 0 Å². The average molecular weight is 286 g/mol. The molecule has 0 saturated carbocycles. The van der Waals surface area contributed by atoms with Gasteiger partial charge in [0, 0.05) is 22.5 Å². The Kier molecular flexibility index (Phi) is 3.84. The summed E-state index contributed by atoms with van der Waals surface area (Å²) < 4.78 is 13.2. The van der Waals surface area contributed by atoms with E-state index >= 15 is 0 Å². The van der Waals surface area contributed by atoms with E-state index in [1.54, 1.807) is 0 Å². The summed E-state index contributed by atoms with van der Waals surface area (Å²) in [6.45, 7) is 0.516. The summed E-state index contributed by atoms with van der Waals surface area (Å²) in [6, 6.07) is 5.72. The zero-order valence-electron chi connectivity index (χ0n) is 9.11. The number of hydrogen-bond acceptors (Lipinski definition) is 3. The quantitative estimate of drug-likeness (QED) is 0.897. The third kappa shape index (κ3) is 3.00. The summed E-state index contributed by atoms with van der Waals surface area (Å²) in [5, 5.41) is 14.3. The van der Waals surface area contributed by atoms with Crippen LogP contribution in [-0.4, -0.2) is 11.1 Å². The smallest absolute Gasteiger partial charge is 0.338 e. The van der Waals surface area contributed by atoms with Crippen LogP contribution in [0.3, 0.4) is 0 Å². The molecule has 6 heteroatoms. The van der Waals surface area contributed by atoms with E-state index in [1.165, 1.54) is 23.5 Å². The second-order valence-electron chi connectivity index (χ2n) is 3.58. The Bertz CT molecular complexity index is 585. The highest BCUT2D eigenvalue weighted by Crippen LogP contribution is 2.21. The summed E-state index contributed by atoms with van der Waals surface area (Å²) in [6.07, 6.45) is 0. The van der Waals surface area contributed by atoms with E-state index < -0.39 is 11.8 Å². The fourth-order valence-corrected chi connectivity index (χ4v) is 2.45. The van der Waals surface area contributed by atoms with Gasteiger partial charge in [-0.15, -0.1) is 11.3 Å². The summed E-state index contributed by atoms with van der Waals surface area (Å²) in [4.78, 5) is 11.8. The summed E-state index contributed by atoms with van der Waals surface area (Å²) >= 11 is 7.28. The van der Waals surface area contributed by atoms with Crippen LogP contribution in [0.15, 0.2) is 29.6 Å². The first-order valence-electron chi connectivity index (χ1n) is 5.06. The first kappa shape index (κ1) is 12.9. The Morgan fingerprint density at radius 3 is 2.83 bits per heavy atom. The van der Waals surface area contributed by atoms with Gasteiger partial charge in [0.2, 0.25) is 0 Å². The maximum absolute atomic E-state index is 13.2. The Labute approximate surface area is 112 Å². The van der Waals surface area contributed by atoms with Crippen molar-refractivity contribution in [3.8, 4) is 0 Å². The van der Waals surface area contributed by atoms with Gasteiger partial charge in [0.25, 0.3) is 0 Å². The molecule has 0 amide bonds. The molecule has 0 bridgehead atoms. The number of thiophene rings is 1. The zero-order chi connectivity index (χ0) is 13.1. The molecule has 1 heterocycles. The normalized spacial score (nSPS) is 10.3. The van der Waals surface area contributed by atoms with Gasteiger partial charge in [-0.3, -0.25) is 0 Å². The molecule has 0 atom stereocenters. The fourth-order valence-electron chi connectivity index (χ4n) is 1.43.